The van der Waals surface area contributed by atoms with Crippen LogP contribution in [0, 0.1) is 0 Å². The number of aliphatic imine (C=N–C) groups is 1. The molecule has 1 atom stereocenters. The fourth-order valence-electron chi connectivity index (χ4n) is 2.23. The first kappa shape index (κ1) is 20.2. The Labute approximate surface area is 160 Å². The number of thioether (sulfide) groups is 1. The van der Waals surface area contributed by atoms with Crippen LogP contribution in [0.4, 0.5) is 0 Å². The molecule has 2 rings (SSSR count). The standard InChI is InChI=1S/C22H27NO2S/c1-21(2,3)25-20(24)22(4,23-15-18-11-7-5-8-12-18)17-26-16-19-13-9-6-10-14-19/h5-15H,16-17H2,1-4H3/t22-/m1/s1. The Kier molecular flexibility index (Phi) is 7.04. The maximum absolute atomic E-state index is 12.8. The fourth-order valence-corrected chi connectivity index (χ4v) is 3.35. The molecule has 0 unspecified atom stereocenters. The largest absolute Gasteiger partial charge is 0.458 e. The van der Waals surface area contributed by atoms with Gasteiger partial charge in [-0.15, -0.1) is 0 Å². The summed E-state index contributed by atoms with van der Waals surface area (Å²) in [4.78, 5) is 17.4. The number of hydrogen-bond acceptors (Lipinski definition) is 4. The van der Waals surface area contributed by atoms with E-state index in [9.17, 15) is 4.79 Å². The number of rotatable bonds is 7. The van der Waals surface area contributed by atoms with Crippen molar-refractivity contribution in [2.45, 2.75) is 44.6 Å². The molecule has 0 aromatic heterocycles. The summed E-state index contributed by atoms with van der Waals surface area (Å²) < 4.78 is 5.63. The molecule has 26 heavy (non-hydrogen) atoms. The maximum atomic E-state index is 12.8. The summed E-state index contributed by atoms with van der Waals surface area (Å²) in [5.74, 6) is 1.10. The first-order valence-electron chi connectivity index (χ1n) is 8.74. The molecule has 0 saturated carbocycles. The lowest BCUT2D eigenvalue weighted by Gasteiger charge is -2.28. The molecule has 2 aromatic carbocycles. The Morgan fingerprint density at radius 2 is 1.58 bits per heavy atom. The molecule has 0 aliphatic rings. The van der Waals surface area contributed by atoms with Gasteiger partial charge < -0.3 is 4.74 Å². The molecule has 0 fully saturated rings. The van der Waals surface area contributed by atoms with Gasteiger partial charge in [-0.05, 0) is 38.8 Å². The third-order valence-corrected chi connectivity index (χ3v) is 4.94. The topological polar surface area (TPSA) is 38.7 Å². The predicted molar refractivity (Wildman–Crippen MR) is 111 cm³/mol. The van der Waals surface area contributed by atoms with Crippen molar-refractivity contribution < 1.29 is 9.53 Å². The third-order valence-electron chi connectivity index (χ3n) is 3.63. The quantitative estimate of drug-likeness (QED) is 0.501. The van der Waals surface area contributed by atoms with E-state index in [4.69, 9.17) is 4.74 Å². The van der Waals surface area contributed by atoms with Crippen LogP contribution in [0.15, 0.2) is 65.7 Å². The Balaban J connectivity index is 2.11. The molecule has 0 heterocycles. The van der Waals surface area contributed by atoms with Gasteiger partial charge in [0.1, 0.15) is 5.60 Å². The lowest BCUT2D eigenvalue weighted by molar-refractivity contribution is -0.159. The van der Waals surface area contributed by atoms with Gasteiger partial charge in [0.05, 0.1) is 0 Å². The van der Waals surface area contributed by atoms with E-state index < -0.39 is 11.1 Å². The van der Waals surface area contributed by atoms with Crippen LogP contribution in [0.1, 0.15) is 38.8 Å². The molecule has 0 aliphatic carbocycles. The van der Waals surface area contributed by atoms with E-state index in [-0.39, 0.29) is 5.97 Å². The SMILES string of the molecule is CC(C)(C)OC(=O)[C@@](C)(CSCc1ccccc1)N=Cc1ccccc1. The molecule has 0 spiro atoms. The van der Waals surface area contributed by atoms with E-state index in [0.717, 1.165) is 11.3 Å². The zero-order valence-electron chi connectivity index (χ0n) is 15.9. The molecular weight excluding hydrogens is 342 g/mol. The second kappa shape index (κ2) is 9.04. The average molecular weight is 370 g/mol. The van der Waals surface area contributed by atoms with Crippen molar-refractivity contribution in [3.05, 3.63) is 71.8 Å². The van der Waals surface area contributed by atoms with Crippen molar-refractivity contribution in [1.29, 1.82) is 0 Å². The van der Waals surface area contributed by atoms with Crippen molar-refractivity contribution >= 4 is 23.9 Å². The van der Waals surface area contributed by atoms with Gasteiger partial charge in [-0.3, -0.25) is 4.99 Å². The van der Waals surface area contributed by atoms with Gasteiger partial charge in [-0.1, -0.05) is 60.7 Å². The summed E-state index contributed by atoms with van der Waals surface area (Å²) in [5.41, 5.74) is 0.735. The molecule has 0 saturated heterocycles. The first-order chi connectivity index (χ1) is 12.3. The van der Waals surface area contributed by atoms with Crippen molar-refractivity contribution in [2.24, 2.45) is 4.99 Å². The molecule has 138 valence electrons. The lowest BCUT2D eigenvalue weighted by Crippen LogP contribution is -2.42. The summed E-state index contributed by atoms with van der Waals surface area (Å²) in [6.45, 7) is 7.48. The number of carbonyl (C=O) groups is 1. The Morgan fingerprint density at radius 3 is 2.15 bits per heavy atom. The Morgan fingerprint density at radius 1 is 1.00 bits per heavy atom. The van der Waals surface area contributed by atoms with Gasteiger partial charge in [-0.25, -0.2) is 4.79 Å². The fraction of sp³-hybridized carbons (Fsp3) is 0.364. The average Bonchev–Trinajstić information content (AvgIpc) is 2.60. The van der Waals surface area contributed by atoms with Crippen LogP contribution >= 0.6 is 11.8 Å². The third kappa shape index (κ3) is 6.68. The molecule has 0 bridgehead atoms. The van der Waals surface area contributed by atoms with Crippen molar-refractivity contribution in [2.75, 3.05) is 5.75 Å². The minimum absolute atomic E-state index is 0.294. The smallest absolute Gasteiger partial charge is 0.335 e. The monoisotopic (exact) mass is 369 g/mol. The molecule has 0 N–H and O–H groups in total. The first-order valence-corrected chi connectivity index (χ1v) is 9.89. The van der Waals surface area contributed by atoms with Crippen LogP contribution in [0.3, 0.4) is 0 Å². The van der Waals surface area contributed by atoms with E-state index in [1.54, 1.807) is 18.0 Å². The molecule has 0 amide bonds. The Hall–Kier alpha value is -2.07. The number of benzene rings is 2. The molecule has 0 radical (unpaired) electrons. The van der Waals surface area contributed by atoms with Gasteiger partial charge in [0.15, 0.2) is 5.54 Å². The van der Waals surface area contributed by atoms with Crippen molar-refractivity contribution in [1.82, 2.24) is 0 Å². The predicted octanol–water partition coefficient (Wildman–Crippen LogP) is 5.14. The second-order valence-electron chi connectivity index (χ2n) is 7.42. The minimum atomic E-state index is -0.928. The van der Waals surface area contributed by atoms with Crippen LogP contribution in [0.25, 0.3) is 0 Å². The van der Waals surface area contributed by atoms with Crippen LogP contribution in [-0.2, 0) is 15.3 Å². The van der Waals surface area contributed by atoms with E-state index in [1.165, 1.54) is 5.56 Å². The zero-order valence-corrected chi connectivity index (χ0v) is 16.8. The second-order valence-corrected chi connectivity index (χ2v) is 8.41. The summed E-state index contributed by atoms with van der Waals surface area (Å²) in [6, 6.07) is 20.0. The maximum Gasteiger partial charge on any atom is 0.335 e. The summed E-state index contributed by atoms with van der Waals surface area (Å²) in [7, 11) is 0. The van der Waals surface area contributed by atoms with Gasteiger partial charge in [0.2, 0.25) is 0 Å². The van der Waals surface area contributed by atoms with Gasteiger partial charge >= 0.3 is 5.97 Å². The molecular formula is C22H27NO2S. The molecule has 0 aliphatic heterocycles. The number of esters is 1. The van der Waals surface area contributed by atoms with Gasteiger partial charge in [0, 0.05) is 17.7 Å². The minimum Gasteiger partial charge on any atom is -0.458 e. The summed E-state index contributed by atoms with van der Waals surface area (Å²) in [6.07, 6.45) is 1.76. The number of ether oxygens (including phenoxy) is 1. The zero-order chi connectivity index (χ0) is 19.0. The van der Waals surface area contributed by atoms with Crippen LogP contribution in [0.2, 0.25) is 0 Å². The number of carbonyl (C=O) groups excluding carboxylic acids is 1. The highest BCUT2D eigenvalue weighted by Crippen LogP contribution is 2.25. The highest BCUT2D eigenvalue weighted by molar-refractivity contribution is 7.98. The van der Waals surface area contributed by atoms with E-state index >= 15 is 0 Å². The highest BCUT2D eigenvalue weighted by Gasteiger charge is 2.36. The molecule has 3 nitrogen and oxygen atoms in total. The number of nitrogens with zero attached hydrogens (tertiary/aromatic N) is 1. The van der Waals surface area contributed by atoms with Crippen LogP contribution in [0.5, 0.6) is 0 Å². The van der Waals surface area contributed by atoms with Gasteiger partial charge in [0.25, 0.3) is 0 Å². The highest BCUT2D eigenvalue weighted by atomic mass is 32.2. The van der Waals surface area contributed by atoms with E-state index in [1.807, 2.05) is 76.2 Å². The Bertz CT molecular complexity index is 723. The molecule has 4 heteroatoms. The lowest BCUT2D eigenvalue weighted by atomic mass is 10.1. The van der Waals surface area contributed by atoms with Crippen molar-refractivity contribution in [3.8, 4) is 0 Å². The number of hydrogen-bond donors (Lipinski definition) is 0. The van der Waals surface area contributed by atoms with E-state index in [2.05, 4.69) is 17.1 Å². The summed E-state index contributed by atoms with van der Waals surface area (Å²) in [5, 5.41) is 0. The van der Waals surface area contributed by atoms with Gasteiger partial charge in [-0.2, -0.15) is 11.8 Å². The van der Waals surface area contributed by atoms with E-state index in [0.29, 0.717) is 5.75 Å². The summed E-state index contributed by atoms with van der Waals surface area (Å²) >= 11 is 1.69. The van der Waals surface area contributed by atoms with Crippen LogP contribution < -0.4 is 0 Å². The van der Waals surface area contributed by atoms with Crippen molar-refractivity contribution in [3.63, 3.8) is 0 Å². The van der Waals surface area contributed by atoms with Crippen LogP contribution in [-0.4, -0.2) is 29.1 Å². The normalized spacial score (nSPS) is 14.2. The molecule has 2 aromatic rings.